The molecule has 1 heterocycles. The lowest BCUT2D eigenvalue weighted by molar-refractivity contribution is -0.384. The van der Waals surface area contributed by atoms with Crippen LogP contribution in [-0.4, -0.2) is 70.7 Å². The molecule has 194 valence electrons. The van der Waals surface area contributed by atoms with Crippen molar-refractivity contribution in [1.82, 2.24) is 14.7 Å². The Kier molecular flexibility index (Phi) is 10.2. The highest BCUT2D eigenvalue weighted by molar-refractivity contribution is 6.32. The summed E-state index contributed by atoms with van der Waals surface area (Å²) in [6, 6.07) is 10.3. The molecular formula is C26H32ClFN4O4. The van der Waals surface area contributed by atoms with Gasteiger partial charge >= 0.3 is 0 Å². The zero-order valence-electron chi connectivity index (χ0n) is 20.5. The zero-order valence-corrected chi connectivity index (χ0v) is 21.3. The molecule has 1 saturated heterocycles. The van der Waals surface area contributed by atoms with Crippen molar-refractivity contribution in [1.29, 1.82) is 0 Å². The SMILES string of the molecule is CCCCCC(=O)N(CCN1CCN(C(=O)c2ccc(Cl)c([N+](=O)[O-])c2)CC1)Cc1ccc(F)cc1. The molecule has 1 fully saturated rings. The molecule has 0 aliphatic carbocycles. The minimum atomic E-state index is -0.599. The van der Waals surface area contributed by atoms with Crippen molar-refractivity contribution in [3.63, 3.8) is 0 Å². The molecule has 0 saturated carbocycles. The Morgan fingerprint density at radius 1 is 1.08 bits per heavy atom. The summed E-state index contributed by atoms with van der Waals surface area (Å²) >= 11 is 5.86. The van der Waals surface area contributed by atoms with Gasteiger partial charge in [-0.15, -0.1) is 0 Å². The summed E-state index contributed by atoms with van der Waals surface area (Å²) in [6.07, 6.45) is 3.38. The van der Waals surface area contributed by atoms with E-state index < -0.39 is 4.92 Å². The summed E-state index contributed by atoms with van der Waals surface area (Å²) in [6.45, 7) is 5.97. The Hall–Kier alpha value is -3.04. The lowest BCUT2D eigenvalue weighted by Gasteiger charge is -2.36. The third-order valence-electron chi connectivity index (χ3n) is 6.37. The monoisotopic (exact) mass is 518 g/mol. The van der Waals surface area contributed by atoms with E-state index in [-0.39, 0.29) is 33.9 Å². The van der Waals surface area contributed by atoms with E-state index in [2.05, 4.69) is 11.8 Å². The van der Waals surface area contributed by atoms with Crippen LogP contribution in [0.15, 0.2) is 42.5 Å². The Morgan fingerprint density at radius 2 is 1.78 bits per heavy atom. The van der Waals surface area contributed by atoms with E-state index in [0.717, 1.165) is 24.8 Å². The Balaban J connectivity index is 1.55. The summed E-state index contributed by atoms with van der Waals surface area (Å²) in [5.41, 5.74) is 0.835. The first-order valence-electron chi connectivity index (χ1n) is 12.3. The van der Waals surface area contributed by atoms with Gasteiger partial charge in [0, 0.05) is 63.9 Å². The molecule has 2 aromatic rings. The van der Waals surface area contributed by atoms with Crippen LogP contribution in [0.4, 0.5) is 10.1 Å². The number of benzene rings is 2. The predicted molar refractivity (Wildman–Crippen MR) is 136 cm³/mol. The van der Waals surface area contributed by atoms with Crippen molar-refractivity contribution in [3.05, 3.63) is 74.5 Å². The molecule has 2 amide bonds. The van der Waals surface area contributed by atoms with Crippen molar-refractivity contribution < 1.29 is 18.9 Å². The van der Waals surface area contributed by atoms with Gasteiger partial charge in [0.25, 0.3) is 11.6 Å². The maximum atomic E-state index is 13.3. The third-order valence-corrected chi connectivity index (χ3v) is 6.69. The van der Waals surface area contributed by atoms with Crippen LogP contribution in [0.5, 0.6) is 0 Å². The molecule has 0 bridgehead atoms. The predicted octanol–water partition coefficient (Wildman–Crippen LogP) is 4.75. The second-order valence-corrected chi connectivity index (χ2v) is 9.36. The van der Waals surface area contributed by atoms with E-state index >= 15 is 0 Å². The largest absolute Gasteiger partial charge is 0.337 e. The van der Waals surface area contributed by atoms with Crippen molar-refractivity contribution in [2.75, 3.05) is 39.3 Å². The molecule has 1 aliphatic heterocycles. The fourth-order valence-electron chi connectivity index (χ4n) is 4.19. The molecule has 0 radical (unpaired) electrons. The highest BCUT2D eigenvalue weighted by Crippen LogP contribution is 2.26. The van der Waals surface area contributed by atoms with Gasteiger partial charge in [-0.2, -0.15) is 0 Å². The van der Waals surface area contributed by atoms with Gasteiger partial charge in [-0.05, 0) is 36.2 Å². The zero-order chi connectivity index (χ0) is 26.1. The number of nitro groups is 1. The molecule has 0 N–H and O–H groups in total. The molecule has 36 heavy (non-hydrogen) atoms. The number of rotatable bonds is 11. The van der Waals surface area contributed by atoms with E-state index in [1.807, 2.05) is 4.90 Å². The second-order valence-electron chi connectivity index (χ2n) is 8.96. The van der Waals surface area contributed by atoms with Gasteiger partial charge in [0.15, 0.2) is 0 Å². The van der Waals surface area contributed by atoms with Gasteiger partial charge in [0.1, 0.15) is 10.8 Å². The number of unbranched alkanes of at least 4 members (excludes halogenated alkanes) is 2. The summed E-state index contributed by atoms with van der Waals surface area (Å²) in [5.74, 6) is -0.482. The molecular weight excluding hydrogens is 487 g/mol. The van der Waals surface area contributed by atoms with E-state index in [9.17, 15) is 24.1 Å². The van der Waals surface area contributed by atoms with Crippen LogP contribution >= 0.6 is 11.6 Å². The minimum absolute atomic E-state index is 0.00389. The van der Waals surface area contributed by atoms with Crippen LogP contribution in [0.2, 0.25) is 5.02 Å². The lowest BCUT2D eigenvalue weighted by Crippen LogP contribution is -2.50. The molecule has 0 spiro atoms. The van der Waals surface area contributed by atoms with Crippen LogP contribution in [0, 0.1) is 15.9 Å². The number of amides is 2. The fourth-order valence-corrected chi connectivity index (χ4v) is 4.38. The molecule has 8 nitrogen and oxygen atoms in total. The molecule has 3 rings (SSSR count). The maximum Gasteiger partial charge on any atom is 0.288 e. The van der Waals surface area contributed by atoms with Crippen LogP contribution in [0.1, 0.15) is 48.5 Å². The number of carbonyl (C=O) groups excluding carboxylic acids is 2. The van der Waals surface area contributed by atoms with E-state index in [4.69, 9.17) is 11.6 Å². The number of hydrogen-bond acceptors (Lipinski definition) is 5. The van der Waals surface area contributed by atoms with Gasteiger partial charge in [0.05, 0.1) is 4.92 Å². The minimum Gasteiger partial charge on any atom is -0.337 e. The van der Waals surface area contributed by atoms with Gasteiger partial charge in [-0.1, -0.05) is 43.5 Å². The summed E-state index contributed by atoms with van der Waals surface area (Å²) in [7, 11) is 0. The Labute approximate surface area is 215 Å². The molecule has 10 heteroatoms. The van der Waals surface area contributed by atoms with Gasteiger partial charge in [0.2, 0.25) is 5.91 Å². The van der Waals surface area contributed by atoms with Crippen molar-refractivity contribution in [3.8, 4) is 0 Å². The second kappa shape index (κ2) is 13.3. The molecule has 0 unspecified atom stereocenters. The number of nitrogens with zero attached hydrogens (tertiary/aromatic N) is 4. The molecule has 1 aliphatic rings. The molecule has 0 aromatic heterocycles. The summed E-state index contributed by atoms with van der Waals surface area (Å²) in [4.78, 5) is 42.0. The van der Waals surface area contributed by atoms with Crippen LogP contribution in [0.3, 0.4) is 0 Å². The molecule has 2 aromatic carbocycles. The highest BCUT2D eigenvalue weighted by Gasteiger charge is 2.25. The van der Waals surface area contributed by atoms with E-state index in [0.29, 0.717) is 52.2 Å². The quantitative estimate of drug-likeness (QED) is 0.243. The van der Waals surface area contributed by atoms with Gasteiger partial charge in [-0.25, -0.2) is 4.39 Å². The number of halogens is 2. The van der Waals surface area contributed by atoms with Crippen LogP contribution < -0.4 is 0 Å². The topological polar surface area (TPSA) is 87.0 Å². The highest BCUT2D eigenvalue weighted by atomic mass is 35.5. The fraction of sp³-hybridized carbons (Fsp3) is 0.462. The van der Waals surface area contributed by atoms with Crippen LogP contribution in [0.25, 0.3) is 0 Å². The van der Waals surface area contributed by atoms with Crippen molar-refractivity contribution in [2.45, 2.75) is 39.2 Å². The lowest BCUT2D eigenvalue weighted by atomic mass is 10.1. The normalized spacial score (nSPS) is 14.0. The standard InChI is InChI=1S/C26H32ClFN4O4/c1-2-3-4-5-25(33)31(19-20-6-9-22(28)10-7-20)17-14-29-12-15-30(16-13-29)26(34)21-8-11-23(27)24(18-21)32(35)36/h6-11,18H,2-5,12-17,19H2,1H3. The summed E-state index contributed by atoms with van der Waals surface area (Å²) < 4.78 is 13.3. The number of hydrogen-bond donors (Lipinski definition) is 0. The average molecular weight is 519 g/mol. The third kappa shape index (κ3) is 7.73. The first-order valence-corrected chi connectivity index (χ1v) is 12.6. The van der Waals surface area contributed by atoms with E-state index in [1.54, 1.807) is 17.0 Å². The smallest absolute Gasteiger partial charge is 0.288 e. The Morgan fingerprint density at radius 3 is 2.42 bits per heavy atom. The molecule has 0 atom stereocenters. The average Bonchev–Trinajstić information content (AvgIpc) is 2.87. The van der Waals surface area contributed by atoms with Crippen LogP contribution in [-0.2, 0) is 11.3 Å². The van der Waals surface area contributed by atoms with Gasteiger partial charge < -0.3 is 9.80 Å². The van der Waals surface area contributed by atoms with Crippen molar-refractivity contribution >= 4 is 29.1 Å². The van der Waals surface area contributed by atoms with Gasteiger partial charge in [-0.3, -0.25) is 24.6 Å². The van der Waals surface area contributed by atoms with E-state index in [1.165, 1.54) is 30.3 Å². The Bertz CT molecular complexity index is 1060. The first-order chi connectivity index (χ1) is 17.3. The number of nitro benzene ring substituents is 1. The number of carbonyl (C=O) groups is 2. The number of piperazine rings is 1. The summed E-state index contributed by atoms with van der Waals surface area (Å²) in [5, 5.41) is 11.1. The maximum absolute atomic E-state index is 13.3. The van der Waals surface area contributed by atoms with Crippen molar-refractivity contribution in [2.24, 2.45) is 0 Å². The first kappa shape index (κ1) is 27.5.